The van der Waals surface area contributed by atoms with Crippen molar-refractivity contribution < 1.29 is 46.9 Å². The Bertz CT molecular complexity index is 2060. The Morgan fingerprint density at radius 3 is 2.00 bits per heavy atom. The second-order valence-corrected chi connectivity index (χ2v) is 16.6. The molecule has 13 nitrogen and oxygen atoms in total. The number of nitrogens with zero attached hydrogens (tertiary/aromatic N) is 2. The van der Waals surface area contributed by atoms with E-state index in [1.54, 1.807) is 71.0 Å². The number of rotatable bonds is 18. The van der Waals surface area contributed by atoms with Gasteiger partial charge in [-0.1, -0.05) is 80.6 Å². The first-order valence-electron chi connectivity index (χ1n) is 20.7. The number of amides is 2. The fraction of sp³-hybridized carbons (Fsp3) is 0.404. The first kappa shape index (κ1) is 47.3. The van der Waals surface area contributed by atoms with Gasteiger partial charge < -0.3 is 30.0 Å². The molecule has 1 heterocycles. The lowest BCUT2D eigenvalue weighted by molar-refractivity contribution is -0.131. The standard InChI is InChI=1S/C47H57F2N5O8/c1-31(2)42(51-45(57)60-30-34-9-7-6-8-10-34)43(55)40(41(50)35-17-21-38(49)22-18-35)39(61-44(56)36-15-11-32(12-16-36)27-53-23-25-59-26-24-53)29-54(52-46(58)62-47(3,4)5)28-33-13-19-37(48)20-14-33/h6-22,31,39-42H,23-30,50H2,1-5H3,(H,51,57)(H,52,58)/t39-,40-,41?,42+/m1/s1. The average Bonchev–Trinajstić information content (AvgIpc) is 3.23. The molecular weight excluding hydrogens is 801 g/mol. The molecule has 1 saturated heterocycles. The van der Waals surface area contributed by atoms with Gasteiger partial charge in [0.05, 0.1) is 37.3 Å². The van der Waals surface area contributed by atoms with Gasteiger partial charge in [0.15, 0.2) is 5.78 Å². The Kier molecular flexibility index (Phi) is 17.1. The normalized spacial score (nSPS) is 15.3. The molecule has 0 radical (unpaired) electrons. The van der Waals surface area contributed by atoms with Crippen molar-refractivity contribution in [2.45, 2.75) is 78.1 Å². The minimum absolute atomic E-state index is 0.0613. The van der Waals surface area contributed by atoms with Gasteiger partial charge in [-0.3, -0.25) is 15.1 Å². The maximum Gasteiger partial charge on any atom is 0.422 e. The van der Waals surface area contributed by atoms with Crippen molar-refractivity contribution >= 4 is 23.9 Å². The van der Waals surface area contributed by atoms with Crippen LogP contribution >= 0.6 is 0 Å². The Hall–Kier alpha value is -5.74. The van der Waals surface area contributed by atoms with Gasteiger partial charge in [0.25, 0.3) is 0 Å². The molecule has 4 aromatic rings. The summed E-state index contributed by atoms with van der Waals surface area (Å²) in [6.45, 7) is 11.5. The number of hydrogen-bond donors (Lipinski definition) is 3. The zero-order chi connectivity index (χ0) is 44.8. The SMILES string of the molecule is CC(C)[C@H](NC(=O)OCc1ccccc1)C(=O)[C@@H](C(N)c1ccc(F)cc1)[C@@H](CN(Cc1ccc(F)cc1)NC(=O)OC(C)(C)C)OC(=O)c1ccc(CN2CCOCC2)cc1. The molecular formula is C47H57F2N5O8. The number of hydrazine groups is 1. The number of nitrogens with two attached hydrogens (primary N) is 1. The van der Waals surface area contributed by atoms with Gasteiger partial charge in [0.2, 0.25) is 0 Å². The van der Waals surface area contributed by atoms with Gasteiger partial charge in [-0.05, 0) is 85.3 Å². The number of carbonyl (C=O) groups excluding carboxylic acids is 4. The molecule has 4 aromatic carbocycles. The third kappa shape index (κ3) is 14.7. The molecule has 0 bridgehead atoms. The van der Waals surface area contributed by atoms with Crippen molar-refractivity contribution in [2.75, 3.05) is 32.8 Å². The number of carbonyl (C=O) groups is 4. The summed E-state index contributed by atoms with van der Waals surface area (Å²) in [6.07, 6.45) is -3.17. The van der Waals surface area contributed by atoms with E-state index in [1.165, 1.54) is 53.5 Å². The number of halogens is 2. The number of ether oxygens (including phenoxy) is 4. The van der Waals surface area contributed by atoms with Crippen molar-refractivity contribution in [3.8, 4) is 0 Å². The molecule has 1 fully saturated rings. The second kappa shape index (κ2) is 22.4. The van der Waals surface area contributed by atoms with Crippen molar-refractivity contribution in [3.05, 3.63) is 143 Å². The highest BCUT2D eigenvalue weighted by Crippen LogP contribution is 2.30. The molecule has 4 N–H and O–H groups in total. The molecule has 5 rings (SSSR count). The lowest BCUT2D eigenvalue weighted by atomic mass is 9.80. The van der Waals surface area contributed by atoms with E-state index in [1.807, 2.05) is 18.2 Å². The van der Waals surface area contributed by atoms with E-state index in [0.717, 1.165) is 24.2 Å². The number of hydrogen-bond acceptors (Lipinski definition) is 11. The number of ketones is 1. The summed E-state index contributed by atoms with van der Waals surface area (Å²) < 4.78 is 51.1. The molecule has 4 atom stereocenters. The van der Waals surface area contributed by atoms with Crippen molar-refractivity contribution in [3.63, 3.8) is 0 Å². The van der Waals surface area contributed by atoms with Crippen molar-refractivity contribution in [1.29, 1.82) is 0 Å². The lowest BCUT2D eigenvalue weighted by Gasteiger charge is -2.37. The summed E-state index contributed by atoms with van der Waals surface area (Å²) in [5, 5.41) is 4.08. The smallest absolute Gasteiger partial charge is 0.422 e. The van der Waals surface area contributed by atoms with E-state index in [4.69, 9.17) is 24.7 Å². The number of morpholine rings is 1. The Morgan fingerprint density at radius 2 is 1.40 bits per heavy atom. The van der Waals surface area contributed by atoms with Gasteiger partial charge in [-0.25, -0.2) is 28.2 Å². The molecule has 2 amide bonds. The van der Waals surface area contributed by atoms with Gasteiger partial charge in [0, 0.05) is 32.2 Å². The molecule has 0 spiro atoms. The first-order chi connectivity index (χ1) is 29.5. The lowest BCUT2D eigenvalue weighted by Crippen LogP contribution is -2.56. The van der Waals surface area contributed by atoms with Crippen molar-refractivity contribution in [1.82, 2.24) is 20.7 Å². The third-order valence-corrected chi connectivity index (χ3v) is 10.1. The molecule has 15 heteroatoms. The Balaban J connectivity index is 1.54. The molecule has 1 unspecified atom stereocenters. The van der Waals surface area contributed by atoms with E-state index in [-0.39, 0.29) is 25.3 Å². The molecule has 1 aliphatic rings. The fourth-order valence-electron chi connectivity index (χ4n) is 6.95. The van der Waals surface area contributed by atoms with Crippen LogP contribution < -0.4 is 16.5 Å². The molecule has 0 aliphatic carbocycles. The summed E-state index contributed by atoms with van der Waals surface area (Å²) in [5.74, 6) is -4.39. The molecule has 0 saturated carbocycles. The zero-order valence-corrected chi connectivity index (χ0v) is 35.9. The van der Waals surface area contributed by atoms with Gasteiger partial charge in [0.1, 0.15) is 29.9 Å². The average molecular weight is 858 g/mol. The minimum atomic E-state index is -1.44. The van der Waals surface area contributed by atoms with Crippen LogP contribution in [0.3, 0.4) is 0 Å². The number of Topliss-reactive ketones (excluding diaryl/α,β-unsaturated/α-hetero) is 1. The number of alkyl carbamates (subject to hydrolysis) is 1. The quantitative estimate of drug-likeness (QED) is 0.0532. The zero-order valence-electron chi connectivity index (χ0n) is 35.9. The van der Waals surface area contributed by atoms with Gasteiger partial charge >= 0.3 is 18.2 Å². The summed E-state index contributed by atoms with van der Waals surface area (Å²) >= 11 is 0. The fourth-order valence-corrected chi connectivity index (χ4v) is 6.95. The predicted molar refractivity (Wildman–Crippen MR) is 228 cm³/mol. The van der Waals surface area contributed by atoms with Crippen molar-refractivity contribution in [2.24, 2.45) is 17.6 Å². The topological polar surface area (TPSA) is 162 Å². The highest BCUT2D eigenvalue weighted by atomic mass is 19.1. The van der Waals surface area contributed by atoms with Crippen LogP contribution in [-0.4, -0.2) is 84.4 Å². The summed E-state index contributed by atoms with van der Waals surface area (Å²) in [6, 6.07) is 24.2. The van der Waals surface area contributed by atoms with Crippen LogP contribution in [-0.2, 0) is 43.4 Å². The van der Waals surface area contributed by atoms with Gasteiger partial charge in [-0.2, -0.15) is 0 Å². The van der Waals surface area contributed by atoms with E-state index < -0.39 is 71.2 Å². The van der Waals surface area contributed by atoms with E-state index in [0.29, 0.717) is 30.9 Å². The Morgan fingerprint density at radius 1 is 0.806 bits per heavy atom. The Labute approximate surface area is 361 Å². The largest absolute Gasteiger partial charge is 0.456 e. The first-order valence-corrected chi connectivity index (χ1v) is 20.7. The molecule has 62 heavy (non-hydrogen) atoms. The minimum Gasteiger partial charge on any atom is -0.456 e. The van der Waals surface area contributed by atoms with Crippen LogP contribution in [0, 0.1) is 23.5 Å². The number of nitrogens with one attached hydrogen (secondary N) is 2. The molecule has 332 valence electrons. The summed E-state index contributed by atoms with van der Waals surface area (Å²) in [7, 11) is 0. The van der Waals surface area contributed by atoms with Crippen LogP contribution in [0.2, 0.25) is 0 Å². The van der Waals surface area contributed by atoms with Crippen LogP contribution in [0.15, 0.2) is 103 Å². The highest BCUT2D eigenvalue weighted by Gasteiger charge is 2.43. The summed E-state index contributed by atoms with van der Waals surface area (Å²) in [4.78, 5) is 58.3. The predicted octanol–water partition coefficient (Wildman–Crippen LogP) is 7.10. The van der Waals surface area contributed by atoms with Crippen LogP contribution in [0.25, 0.3) is 0 Å². The van der Waals surface area contributed by atoms with Crippen LogP contribution in [0.1, 0.15) is 73.3 Å². The number of esters is 1. The third-order valence-electron chi connectivity index (χ3n) is 10.1. The van der Waals surface area contributed by atoms with Gasteiger partial charge in [-0.15, -0.1) is 0 Å². The van der Waals surface area contributed by atoms with Crippen LogP contribution in [0.4, 0.5) is 18.4 Å². The van der Waals surface area contributed by atoms with Crippen LogP contribution in [0.5, 0.6) is 0 Å². The monoisotopic (exact) mass is 857 g/mol. The highest BCUT2D eigenvalue weighted by molar-refractivity contribution is 5.92. The van der Waals surface area contributed by atoms with E-state index >= 15 is 4.79 Å². The van der Waals surface area contributed by atoms with E-state index in [9.17, 15) is 23.2 Å². The maximum atomic E-state index is 15.2. The van der Waals surface area contributed by atoms with E-state index in [2.05, 4.69) is 15.6 Å². The molecule has 1 aliphatic heterocycles. The second-order valence-electron chi connectivity index (χ2n) is 16.6. The molecule has 0 aromatic heterocycles. The number of benzene rings is 4. The maximum absolute atomic E-state index is 15.2. The summed E-state index contributed by atoms with van der Waals surface area (Å²) in [5.41, 5.74) is 11.5.